The maximum Gasteiger partial charge on any atom is 0.321 e. The van der Waals surface area contributed by atoms with Crippen LogP contribution in [-0.2, 0) is 21.2 Å². The van der Waals surface area contributed by atoms with Gasteiger partial charge in [0.05, 0.1) is 24.7 Å². The number of ether oxygens (including phenoxy) is 2. The molecule has 1 heterocycles. The Morgan fingerprint density at radius 2 is 1.67 bits per heavy atom. The van der Waals surface area contributed by atoms with E-state index in [1.54, 1.807) is 14.2 Å². The van der Waals surface area contributed by atoms with Gasteiger partial charge in [-0.2, -0.15) is 4.31 Å². The average molecular weight is 594 g/mol. The second-order valence-corrected chi connectivity index (χ2v) is 12.0. The molecule has 0 radical (unpaired) electrons. The highest BCUT2D eigenvalue weighted by Crippen LogP contribution is 2.38. The topological polar surface area (TPSA) is 105 Å². The minimum absolute atomic E-state index is 0.0217. The molecular formula is C28H30Cl2N2O6S. The zero-order chi connectivity index (χ0) is 28.2. The number of hydrogen-bond acceptors (Lipinski definition) is 6. The zero-order valence-corrected chi connectivity index (χ0v) is 23.9. The predicted octanol–water partition coefficient (Wildman–Crippen LogP) is 5.12. The van der Waals surface area contributed by atoms with Crippen LogP contribution in [-0.4, -0.2) is 63.2 Å². The molecule has 0 spiro atoms. The number of nitrogens with zero attached hydrogens (tertiary/aromatic N) is 1. The molecule has 0 bridgehead atoms. The highest BCUT2D eigenvalue weighted by molar-refractivity contribution is 7.89. The van der Waals surface area contributed by atoms with Gasteiger partial charge in [-0.05, 0) is 60.7 Å². The van der Waals surface area contributed by atoms with Crippen LogP contribution in [0, 0.1) is 0 Å². The molecule has 11 heteroatoms. The lowest BCUT2D eigenvalue weighted by molar-refractivity contribution is -0.139. The van der Waals surface area contributed by atoms with Gasteiger partial charge >= 0.3 is 5.97 Å². The van der Waals surface area contributed by atoms with E-state index in [4.69, 9.17) is 32.7 Å². The molecule has 1 saturated heterocycles. The summed E-state index contributed by atoms with van der Waals surface area (Å²) in [5, 5.41) is 13.4. The van der Waals surface area contributed by atoms with E-state index in [0.29, 0.717) is 30.9 Å². The molecule has 3 aromatic carbocycles. The van der Waals surface area contributed by atoms with Gasteiger partial charge in [-0.15, -0.1) is 0 Å². The number of benzene rings is 3. The van der Waals surface area contributed by atoms with E-state index in [0.717, 1.165) is 16.7 Å². The number of sulfonamides is 1. The van der Waals surface area contributed by atoms with E-state index in [1.165, 1.54) is 22.5 Å². The fourth-order valence-electron chi connectivity index (χ4n) is 4.85. The van der Waals surface area contributed by atoms with Crippen molar-refractivity contribution >= 4 is 39.2 Å². The summed E-state index contributed by atoms with van der Waals surface area (Å²) < 4.78 is 39.0. The fraction of sp³-hybridized carbons (Fsp3) is 0.321. The van der Waals surface area contributed by atoms with Crippen molar-refractivity contribution in [2.75, 3.05) is 27.3 Å². The van der Waals surface area contributed by atoms with Crippen LogP contribution < -0.4 is 14.8 Å². The molecule has 4 rings (SSSR count). The standard InChI is InChI=1S/C28H30Cl2N2O6S/c1-37-25-6-3-7-26(38-2)27(25)19-10-8-18(9-11-19)13-24(28(33)34)31-17-22-5-4-12-32(22)39(35,36)23-15-20(29)14-21(30)16-23/h3,6-11,14-16,22,24,31H,4-5,12-13,17H2,1-2H3,(H,33,34)/t22-,24-/m0/s1. The number of rotatable bonds is 11. The van der Waals surface area contributed by atoms with E-state index in [9.17, 15) is 18.3 Å². The Morgan fingerprint density at radius 3 is 2.23 bits per heavy atom. The van der Waals surface area contributed by atoms with Crippen molar-refractivity contribution in [3.63, 3.8) is 0 Å². The molecule has 39 heavy (non-hydrogen) atoms. The fourth-order valence-corrected chi connectivity index (χ4v) is 7.27. The monoisotopic (exact) mass is 592 g/mol. The third-order valence-corrected chi connectivity index (χ3v) is 9.14. The predicted molar refractivity (Wildman–Crippen MR) is 151 cm³/mol. The Kier molecular flexibility index (Phi) is 9.40. The number of nitrogens with one attached hydrogen (secondary N) is 1. The summed E-state index contributed by atoms with van der Waals surface area (Å²) in [6.45, 7) is 0.533. The molecule has 8 nitrogen and oxygen atoms in total. The summed E-state index contributed by atoms with van der Waals surface area (Å²) in [6.07, 6.45) is 1.51. The van der Waals surface area contributed by atoms with Crippen LogP contribution in [0.1, 0.15) is 18.4 Å². The quantitative estimate of drug-likeness (QED) is 0.318. The SMILES string of the molecule is COc1cccc(OC)c1-c1ccc(C[C@H](NC[C@@H]2CCCN2S(=O)(=O)c2cc(Cl)cc(Cl)c2)C(=O)O)cc1. The first-order valence-corrected chi connectivity index (χ1v) is 14.6. The van der Waals surface area contributed by atoms with Crippen molar-refractivity contribution in [2.24, 2.45) is 0 Å². The molecule has 208 valence electrons. The molecular weight excluding hydrogens is 563 g/mol. The van der Waals surface area contributed by atoms with Gasteiger partial charge in [0.1, 0.15) is 17.5 Å². The summed E-state index contributed by atoms with van der Waals surface area (Å²) in [7, 11) is -0.658. The number of carbonyl (C=O) groups is 1. The Hall–Kier alpha value is -2.82. The molecule has 1 aliphatic heterocycles. The normalized spacial score (nSPS) is 16.7. The smallest absolute Gasteiger partial charge is 0.321 e. The molecule has 0 unspecified atom stereocenters. The van der Waals surface area contributed by atoms with Gasteiger partial charge in [0.25, 0.3) is 0 Å². The van der Waals surface area contributed by atoms with E-state index >= 15 is 0 Å². The Morgan fingerprint density at radius 1 is 1.05 bits per heavy atom. The van der Waals surface area contributed by atoms with Gasteiger partial charge in [-0.25, -0.2) is 8.42 Å². The lowest BCUT2D eigenvalue weighted by Crippen LogP contribution is -2.47. The van der Waals surface area contributed by atoms with Gasteiger partial charge in [-0.3, -0.25) is 4.79 Å². The number of aliphatic carboxylic acids is 1. The lowest BCUT2D eigenvalue weighted by Gasteiger charge is -2.26. The number of carboxylic acids is 1. The van der Waals surface area contributed by atoms with Gasteiger partial charge in [0.2, 0.25) is 10.0 Å². The number of hydrogen-bond donors (Lipinski definition) is 2. The molecule has 0 aromatic heterocycles. The Labute approximate surface area is 238 Å². The van der Waals surface area contributed by atoms with Crippen LogP contribution in [0.25, 0.3) is 11.1 Å². The third-order valence-electron chi connectivity index (χ3n) is 6.77. The van der Waals surface area contributed by atoms with Crippen molar-refractivity contribution in [3.8, 4) is 22.6 Å². The van der Waals surface area contributed by atoms with Gasteiger partial charge in [0, 0.05) is 29.2 Å². The summed E-state index contributed by atoms with van der Waals surface area (Å²) in [6, 6.07) is 16.0. The Bertz CT molecular complexity index is 1390. The van der Waals surface area contributed by atoms with Crippen LogP contribution in [0.2, 0.25) is 10.0 Å². The van der Waals surface area contributed by atoms with Crippen LogP contribution in [0.4, 0.5) is 0 Å². The molecule has 0 saturated carbocycles. The summed E-state index contributed by atoms with van der Waals surface area (Å²) in [4.78, 5) is 12.1. The van der Waals surface area contributed by atoms with E-state index < -0.39 is 28.1 Å². The maximum absolute atomic E-state index is 13.3. The molecule has 1 aliphatic rings. The first-order chi connectivity index (χ1) is 18.6. The van der Waals surface area contributed by atoms with Gasteiger partial charge < -0.3 is 19.9 Å². The van der Waals surface area contributed by atoms with Crippen LogP contribution in [0.3, 0.4) is 0 Å². The molecule has 3 aromatic rings. The van der Waals surface area contributed by atoms with E-state index in [-0.39, 0.29) is 27.9 Å². The molecule has 2 N–H and O–H groups in total. The maximum atomic E-state index is 13.3. The second-order valence-electron chi connectivity index (χ2n) is 9.25. The number of carboxylic acid groups (broad SMARTS) is 1. The lowest BCUT2D eigenvalue weighted by atomic mass is 9.99. The number of methoxy groups -OCH3 is 2. The molecule has 0 amide bonds. The summed E-state index contributed by atoms with van der Waals surface area (Å²) >= 11 is 12.1. The van der Waals surface area contributed by atoms with Crippen molar-refractivity contribution < 1.29 is 27.8 Å². The second kappa shape index (κ2) is 12.6. The van der Waals surface area contributed by atoms with Crippen LogP contribution >= 0.6 is 23.2 Å². The largest absolute Gasteiger partial charge is 0.496 e. The van der Waals surface area contributed by atoms with Crippen LogP contribution in [0.15, 0.2) is 65.6 Å². The summed E-state index contributed by atoms with van der Waals surface area (Å²) in [5.41, 5.74) is 2.50. The highest BCUT2D eigenvalue weighted by Gasteiger charge is 2.36. The first kappa shape index (κ1) is 29.2. The summed E-state index contributed by atoms with van der Waals surface area (Å²) in [5.74, 6) is 0.325. The van der Waals surface area contributed by atoms with E-state index in [1.807, 2.05) is 42.5 Å². The third kappa shape index (κ3) is 6.67. The minimum Gasteiger partial charge on any atom is -0.496 e. The Balaban J connectivity index is 1.46. The highest BCUT2D eigenvalue weighted by atomic mass is 35.5. The van der Waals surface area contributed by atoms with Gasteiger partial charge in [-0.1, -0.05) is 53.5 Å². The van der Waals surface area contributed by atoms with Crippen molar-refractivity contribution in [1.82, 2.24) is 9.62 Å². The molecule has 1 fully saturated rings. The average Bonchev–Trinajstić information content (AvgIpc) is 3.40. The zero-order valence-electron chi connectivity index (χ0n) is 21.6. The van der Waals surface area contributed by atoms with Crippen LogP contribution in [0.5, 0.6) is 11.5 Å². The molecule has 2 atom stereocenters. The van der Waals surface area contributed by atoms with Crippen molar-refractivity contribution in [1.29, 1.82) is 0 Å². The number of halogens is 2. The van der Waals surface area contributed by atoms with Gasteiger partial charge in [0.15, 0.2) is 0 Å². The minimum atomic E-state index is -3.85. The van der Waals surface area contributed by atoms with Crippen molar-refractivity contribution in [3.05, 3.63) is 76.3 Å². The van der Waals surface area contributed by atoms with E-state index in [2.05, 4.69) is 5.32 Å². The molecule has 0 aliphatic carbocycles. The van der Waals surface area contributed by atoms with Crippen molar-refractivity contribution in [2.45, 2.75) is 36.2 Å². The first-order valence-electron chi connectivity index (χ1n) is 12.4.